The van der Waals surface area contributed by atoms with Gasteiger partial charge in [-0.2, -0.15) is 11.8 Å². The molecule has 1 N–H and O–H groups in total. The Morgan fingerprint density at radius 2 is 2.29 bits per heavy atom. The van der Waals surface area contributed by atoms with Crippen molar-refractivity contribution in [1.82, 2.24) is 15.5 Å². The minimum atomic E-state index is 0.685. The van der Waals surface area contributed by atoms with Crippen molar-refractivity contribution in [3.8, 4) is 0 Å². The molecular formula is C12H21N3S2. The summed E-state index contributed by atoms with van der Waals surface area (Å²) in [6, 6.07) is 0. The summed E-state index contributed by atoms with van der Waals surface area (Å²) >= 11 is 3.87. The smallest absolute Gasteiger partial charge is 0.121 e. The first-order valence-corrected chi connectivity index (χ1v) is 8.48. The van der Waals surface area contributed by atoms with E-state index in [0.29, 0.717) is 5.92 Å². The minimum Gasteiger partial charge on any atom is -0.317 e. The van der Waals surface area contributed by atoms with E-state index in [-0.39, 0.29) is 0 Å². The van der Waals surface area contributed by atoms with Gasteiger partial charge in [0.15, 0.2) is 0 Å². The Bertz CT molecular complexity index is 321. The van der Waals surface area contributed by atoms with E-state index in [1.54, 1.807) is 0 Å². The molecule has 0 bridgehead atoms. The number of aromatic nitrogens is 2. The van der Waals surface area contributed by atoms with Crippen LogP contribution in [-0.2, 0) is 6.42 Å². The molecule has 1 aromatic rings. The fourth-order valence-corrected chi connectivity index (χ4v) is 4.28. The van der Waals surface area contributed by atoms with Crippen LogP contribution in [-0.4, -0.2) is 34.8 Å². The lowest BCUT2D eigenvalue weighted by atomic mass is 10.1. The molecule has 0 aromatic carbocycles. The first-order valence-electron chi connectivity index (χ1n) is 6.51. The van der Waals surface area contributed by atoms with Crippen LogP contribution in [0.15, 0.2) is 0 Å². The molecular weight excluding hydrogens is 250 g/mol. The van der Waals surface area contributed by atoms with Crippen LogP contribution in [0.1, 0.15) is 42.1 Å². The molecule has 0 aliphatic carbocycles. The molecule has 1 aromatic heterocycles. The van der Waals surface area contributed by atoms with E-state index in [1.165, 1.54) is 40.8 Å². The summed E-state index contributed by atoms with van der Waals surface area (Å²) < 4.78 is 0. The second-order valence-electron chi connectivity index (χ2n) is 4.45. The van der Waals surface area contributed by atoms with Crippen molar-refractivity contribution in [3.63, 3.8) is 0 Å². The maximum absolute atomic E-state index is 4.35. The van der Waals surface area contributed by atoms with Crippen LogP contribution in [0.4, 0.5) is 0 Å². The van der Waals surface area contributed by atoms with Gasteiger partial charge in [0.1, 0.15) is 10.0 Å². The first-order chi connectivity index (χ1) is 8.40. The first kappa shape index (κ1) is 13.3. The minimum absolute atomic E-state index is 0.685. The van der Waals surface area contributed by atoms with Gasteiger partial charge < -0.3 is 5.32 Å². The maximum Gasteiger partial charge on any atom is 0.121 e. The molecule has 0 saturated carbocycles. The molecule has 0 radical (unpaired) electrons. The Balaban J connectivity index is 1.70. The van der Waals surface area contributed by atoms with Crippen LogP contribution < -0.4 is 5.32 Å². The van der Waals surface area contributed by atoms with E-state index in [0.717, 1.165) is 19.5 Å². The second-order valence-corrected chi connectivity index (χ2v) is 6.69. The number of aryl methyl sites for hydroxylation is 1. The third kappa shape index (κ3) is 4.23. The molecule has 1 unspecified atom stereocenters. The van der Waals surface area contributed by atoms with Gasteiger partial charge in [-0.25, -0.2) is 0 Å². The molecule has 3 nitrogen and oxygen atoms in total. The Morgan fingerprint density at radius 3 is 3.06 bits per heavy atom. The molecule has 17 heavy (non-hydrogen) atoms. The van der Waals surface area contributed by atoms with Gasteiger partial charge in [-0.05, 0) is 38.1 Å². The third-order valence-corrected chi connectivity index (χ3v) is 5.24. The Morgan fingerprint density at radius 1 is 1.35 bits per heavy atom. The van der Waals surface area contributed by atoms with Crippen molar-refractivity contribution < 1.29 is 0 Å². The predicted octanol–water partition coefficient (Wildman–Crippen LogP) is 2.69. The van der Waals surface area contributed by atoms with E-state index >= 15 is 0 Å². The van der Waals surface area contributed by atoms with Crippen LogP contribution in [0.5, 0.6) is 0 Å². The number of hydrogen-bond donors (Lipinski definition) is 1. The summed E-state index contributed by atoms with van der Waals surface area (Å²) in [7, 11) is 0. The Labute approximate surface area is 112 Å². The van der Waals surface area contributed by atoms with Gasteiger partial charge in [0.25, 0.3) is 0 Å². The predicted molar refractivity (Wildman–Crippen MR) is 76.1 cm³/mol. The highest BCUT2D eigenvalue weighted by atomic mass is 32.2. The number of hydrogen-bond acceptors (Lipinski definition) is 5. The van der Waals surface area contributed by atoms with Crippen molar-refractivity contribution in [2.75, 3.05) is 24.6 Å². The largest absolute Gasteiger partial charge is 0.317 e. The van der Waals surface area contributed by atoms with Gasteiger partial charge in [-0.3, -0.25) is 0 Å². The number of thioether (sulfide) groups is 1. The fraction of sp³-hybridized carbons (Fsp3) is 0.833. The molecule has 2 heterocycles. The van der Waals surface area contributed by atoms with Gasteiger partial charge in [0, 0.05) is 18.1 Å². The summed E-state index contributed by atoms with van der Waals surface area (Å²) in [5, 5.41) is 14.6. The maximum atomic E-state index is 4.35. The summed E-state index contributed by atoms with van der Waals surface area (Å²) in [6.07, 6.45) is 4.75. The number of nitrogens with zero attached hydrogens (tertiary/aromatic N) is 2. The highest BCUT2D eigenvalue weighted by Gasteiger charge is 2.21. The van der Waals surface area contributed by atoms with Crippen molar-refractivity contribution in [2.24, 2.45) is 0 Å². The zero-order valence-electron chi connectivity index (χ0n) is 10.4. The summed E-state index contributed by atoms with van der Waals surface area (Å²) in [5.41, 5.74) is 0. The van der Waals surface area contributed by atoms with Crippen molar-refractivity contribution in [1.29, 1.82) is 0 Å². The van der Waals surface area contributed by atoms with E-state index < -0.39 is 0 Å². The van der Waals surface area contributed by atoms with E-state index in [1.807, 2.05) is 23.1 Å². The SMILES string of the molecule is CCCNCCCc1nnc(C2CCSC2)s1. The average molecular weight is 271 g/mol. The topological polar surface area (TPSA) is 37.8 Å². The molecule has 0 spiro atoms. The molecule has 1 aliphatic heterocycles. The number of nitrogens with one attached hydrogen (secondary N) is 1. The van der Waals surface area contributed by atoms with Crippen molar-refractivity contribution in [2.45, 2.75) is 38.5 Å². The highest BCUT2D eigenvalue weighted by molar-refractivity contribution is 7.99. The van der Waals surface area contributed by atoms with Gasteiger partial charge in [-0.1, -0.05) is 6.92 Å². The van der Waals surface area contributed by atoms with Crippen molar-refractivity contribution in [3.05, 3.63) is 10.0 Å². The van der Waals surface area contributed by atoms with Crippen LogP contribution in [0, 0.1) is 0 Å². The second kappa shape index (κ2) is 7.34. The normalized spacial score (nSPS) is 19.9. The molecule has 0 amide bonds. The van der Waals surface area contributed by atoms with E-state index in [2.05, 4.69) is 22.4 Å². The van der Waals surface area contributed by atoms with E-state index in [4.69, 9.17) is 0 Å². The van der Waals surface area contributed by atoms with Crippen LogP contribution in [0.2, 0.25) is 0 Å². The quantitative estimate of drug-likeness (QED) is 0.774. The highest BCUT2D eigenvalue weighted by Crippen LogP contribution is 2.33. The summed E-state index contributed by atoms with van der Waals surface area (Å²) in [4.78, 5) is 0. The zero-order chi connectivity index (χ0) is 11.9. The van der Waals surface area contributed by atoms with Crippen molar-refractivity contribution >= 4 is 23.1 Å². The zero-order valence-corrected chi connectivity index (χ0v) is 12.1. The Hall–Kier alpha value is -0.130. The fourth-order valence-electron chi connectivity index (χ4n) is 1.93. The van der Waals surface area contributed by atoms with Crippen LogP contribution >= 0.6 is 23.1 Å². The molecule has 1 aliphatic rings. The lowest BCUT2D eigenvalue weighted by Gasteiger charge is -2.01. The lowest BCUT2D eigenvalue weighted by molar-refractivity contribution is 0.637. The average Bonchev–Trinajstić information content (AvgIpc) is 2.99. The summed E-state index contributed by atoms with van der Waals surface area (Å²) in [5.74, 6) is 3.22. The van der Waals surface area contributed by atoms with Crippen LogP contribution in [0.3, 0.4) is 0 Å². The molecule has 2 rings (SSSR count). The third-order valence-electron chi connectivity index (χ3n) is 2.93. The van der Waals surface area contributed by atoms with Crippen LogP contribution in [0.25, 0.3) is 0 Å². The summed E-state index contributed by atoms with van der Waals surface area (Å²) in [6.45, 7) is 4.42. The van der Waals surface area contributed by atoms with Gasteiger partial charge >= 0.3 is 0 Å². The van der Waals surface area contributed by atoms with Gasteiger partial charge in [-0.15, -0.1) is 21.5 Å². The molecule has 1 saturated heterocycles. The Kier molecular flexibility index (Phi) is 5.74. The standard InChI is InChI=1S/C12H21N3S2/c1-2-6-13-7-3-4-11-14-15-12(17-11)10-5-8-16-9-10/h10,13H,2-9H2,1H3. The van der Waals surface area contributed by atoms with Gasteiger partial charge in [0.2, 0.25) is 0 Å². The molecule has 1 atom stereocenters. The van der Waals surface area contributed by atoms with E-state index in [9.17, 15) is 0 Å². The number of rotatable bonds is 7. The molecule has 1 fully saturated rings. The monoisotopic (exact) mass is 271 g/mol. The van der Waals surface area contributed by atoms with Gasteiger partial charge in [0.05, 0.1) is 0 Å². The lowest BCUT2D eigenvalue weighted by Crippen LogP contribution is -2.16. The molecule has 96 valence electrons. The molecule has 5 heteroatoms.